The molecule has 0 spiro atoms. The second-order valence-corrected chi connectivity index (χ2v) is 4.37. The Hall–Kier alpha value is 1.48. The van der Waals surface area contributed by atoms with E-state index in [0.29, 0.717) is 54.4 Å². The van der Waals surface area contributed by atoms with Gasteiger partial charge in [0.1, 0.15) is 0 Å². The van der Waals surface area contributed by atoms with Crippen molar-refractivity contribution >= 4 is 54.4 Å². The zero-order valence-corrected chi connectivity index (χ0v) is 7.82. The predicted octanol–water partition coefficient (Wildman–Crippen LogP) is -0.299. The van der Waals surface area contributed by atoms with E-state index in [1.54, 1.807) is 6.92 Å². The van der Waals surface area contributed by atoms with Crippen molar-refractivity contribution < 1.29 is 4.79 Å². The molecular weight excluding hydrogens is 125 g/mol. The zero-order chi connectivity index (χ0) is 3.58. The Kier molecular flexibility index (Phi) is 3.69. The van der Waals surface area contributed by atoms with Crippen molar-refractivity contribution in [3.05, 3.63) is 0 Å². The summed E-state index contributed by atoms with van der Waals surface area (Å²) in [5.41, 5.74) is 0. The van der Waals surface area contributed by atoms with Crippen LogP contribution in [0.4, 0.5) is 0 Å². The molecular formula is C2H3ORb. The SMILES string of the molecule is C[C](=O)[Rb]. The van der Waals surface area contributed by atoms with Crippen molar-refractivity contribution in [1.82, 2.24) is 0 Å². The molecule has 0 N–H and O–H groups in total. The standard InChI is InChI=1S/C2H3O.Rb/c1-2-3;/h1H3;. The van der Waals surface area contributed by atoms with Crippen molar-refractivity contribution in [3.63, 3.8) is 0 Å². The van der Waals surface area contributed by atoms with Crippen molar-refractivity contribution in [2.75, 3.05) is 0 Å². The molecule has 0 bridgehead atoms. The molecule has 1 nitrogen and oxygen atoms in total. The molecule has 0 amide bonds. The maximum atomic E-state index is 9.54. The van der Waals surface area contributed by atoms with E-state index in [1.165, 1.54) is 0 Å². The van der Waals surface area contributed by atoms with Gasteiger partial charge in [-0.1, -0.05) is 0 Å². The van der Waals surface area contributed by atoms with Gasteiger partial charge in [0.15, 0.2) is 0 Å². The van der Waals surface area contributed by atoms with Crippen LogP contribution in [0, 0.1) is 0 Å². The van der Waals surface area contributed by atoms with Gasteiger partial charge in [0.25, 0.3) is 0 Å². The fourth-order valence-electron chi connectivity index (χ4n) is 0. The maximum absolute atomic E-state index is 9.54. The summed E-state index contributed by atoms with van der Waals surface area (Å²) in [6.45, 7) is 1.62. The minimum absolute atomic E-state index is 0.291. The van der Waals surface area contributed by atoms with Gasteiger partial charge in [-0.3, -0.25) is 0 Å². The molecule has 0 aromatic heterocycles. The summed E-state index contributed by atoms with van der Waals surface area (Å²) in [6, 6.07) is 0. The zero-order valence-electron chi connectivity index (χ0n) is 2.91. The Balaban J connectivity index is 2.80. The van der Waals surface area contributed by atoms with Gasteiger partial charge in [-0.05, 0) is 0 Å². The number of hydrogen-bond donors (Lipinski definition) is 0. The molecule has 0 saturated heterocycles. The van der Waals surface area contributed by atoms with Gasteiger partial charge in [0, 0.05) is 0 Å². The Bertz CT molecular complexity index is 29.0. The van der Waals surface area contributed by atoms with Crippen molar-refractivity contribution in [2.24, 2.45) is 0 Å². The first-order valence-electron chi connectivity index (χ1n) is 1.20. The van der Waals surface area contributed by atoms with Gasteiger partial charge in [0.05, 0.1) is 0 Å². The molecule has 0 aliphatic carbocycles. The van der Waals surface area contributed by atoms with Crippen LogP contribution in [0.1, 0.15) is 6.92 Å². The summed E-state index contributed by atoms with van der Waals surface area (Å²) in [5, 5.41) is 0. The third kappa shape index (κ3) is 9.78. The second-order valence-electron chi connectivity index (χ2n) is 0.908. The van der Waals surface area contributed by atoms with Crippen LogP contribution in [0.2, 0.25) is 0 Å². The first kappa shape index (κ1) is 5.48. The Labute approximate surface area is 64.5 Å². The quantitative estimate of drug-likeness (QED) is 0.438. The summed E-state index contributed by atoms with van der Waals surface area (Å²) in [7, 11) is 0. The Morgan fingerprint density at radius 2 is 2.00 bits per heavy atom. The Morgan fingerprint density at radius 3 is 2.00 bits per heavy atom. The van der Waals surface area contributed by atoms with Gasteiger partial charge in [-0.15, -0.1) is 0 Å². The van der Waals surface area contributed by atoms with Crippen LogP contribution in [-0.4, -0.2) is 54.4 Å². The van der Waals surface area contributed by atoms with E-state index < -0.39 is 0 Å². The van der Waals surface area contributed by atoms with Crippen LogP contribution in [-0.2, 0) is 4.79 Å². The summed E-state index contributed by atoms with van der Waals surface area (Å²) in [5.74, 6) is 0. The molecule has 0 aliphatic heterocycles. The van der Waals surface area contributed by atoms with Gasteiger partial charge < -0.3 is 0 Å². The molecule has 2 heteroatoms. The first-order valence-corrected chi connectivity index (χ1v) is 3.66. The summed E-state index contributed by atoms with van der Waals surface area (Å²) >= 11 is 0.291. The molecule has 0 saturated carbocycles. The van der Waals surface area contributed by atoms with Crippen molar-refractivity contribution in [2.45, 2.75) is 6.92 Å². The molecule has 0 atom stereocenters. The van der Waals surface area contributed by atoms with Gasteiger partial charge in [0.2, 0.25) is 0 Å². The van der Waals surface area contributed by atoms with E-state index in [-0.39, 0.29) is 0 Å². The fraction of sp³-hybridized carbons (Fsp3) is 0.500. The van der Waals surface area contributed by atoms with Crippen molar-refractivity contribution in [3.8, 4) is 0 Å². The molecule has 0 unspecified atom stereocenters. The van der Waals surface area contributed by atoms with E-state index in [4.69, 9.17) is 0 Å². The number of rotatable bonds is 0. The fourth-order valence-corrected chi connectivity index (χ4v) is 0. The molecule has 0 aromatic carbocycles. The van der Waals surface area contributed by atoms with Crippen LogP contribution in [0.3, 0.4) is 0 Å². The predicted molar refractivity (Wildman–Crippen MR) is 16.4 cm³/mol. The average molecular weight is 129 g/mol. The summed E-state index contributed by atoms with van der Waals surface area (Å²) in [4.78, 5) is 9.54. The molecule has 0 aliphatic rings. The van der Waals surface area contributed by atoms with E-state index in [9.17, 15) is 4.79 Å². The van der Waals surface area contributed by atoms with Gasteiger partial charge >= 0.3 is 66.1 Å². The molecule has 0 radical (unpaired) electrons. The summed E-state index contributed by atoms with van der Waals surface area (Å²) < 4.78 is 0.377. The van der Waals surface area contributed by atoms with Gasteiger partial charge in [-0.2, -0.15) is 0 Å². The number of carbonyl (C=O) groups excluding carboxylic acids is 1. The van der Waals surface area contributed by atoms with Crippen molar-refractivity contribution in [1.29, 1.82) is 0 Å². The molecule has 4 heavy (non-hydrogen) atoms. The monoisotopic (exact) mass is 128 g/mol. The van der Waals surface area contributed by atoms with Gasteiger partial charge in [-0.25, -0.2) is 0 Å². The minimum atomic E-state index is 0.291. The molecule has 0 aromatic rings. The van der Waals surface area contributed by atoms with Crippen LogP contribution in [0.5, 0.6) is 0 Å². The van der Waals surface area contributed by atoms with Crippen LogP contribution < -0.4 is 0 Å². The molecule has 0 rings (SSSR count). The van der Waals surface area contributed by atoms with E-state index >= 15 is 0 Å². The normalized spacial score (nSPS) is 6.75. The molecule has 18 valence electrons. The van der Waals surface area contributed by atoms with E-state index in [0.717, 1.165) is 0 Å². The Morgan fingerprint density at radius 1 is 2.00 bits per heavy atom. The average Bonchev–Trinajstić information content (AvgIpc) is 0.811. The topological polar surface area (TPSA) is 17.1 Å². The third-order valence-electron chi connectivity index (χ3n) is 0. The van der Waals surface area contributed by atoms with E-state index in [2.05, 4.69) is 0 Å². The molecule has 0 heterocycles. The van der Waals surface area contributed by atoms with Crippen LogP contribution in [0.25, 0.3) is 0 Å². The first-order chi connectivity index (χ1) is 1.73. The number of hydrogen-bond acceptors (Lipinski definition) is 1. The van der Waals surface area contributed by atoms with E-state index in [1.807, 2.05) is 0 Å². The molecule has 0 fully saturated rings. The number of carbonyl (C=O) groups is 1. The summed E-state index contributed by atoms with van der Waals surface area (Å²) in [6.07, 6.45) is 0. The van der Waals surface area contributed by atoms with Crippen LogP contribution in [0.15, 0.2) is 0 Å². The second kappa shape index (κ2) is 2.70. The van der Waals surface area contributed by atoms with Crippen LogP contribution >= 0.6 is 0 Å². The third-order valence-corrected chi connectivity index (χ3v) is 0.